The van der Waals surface area contributed by atoms with E-state index in [1.54, 1.807) is 7.11 Å². The Morgan fingerprint density at radius 2 is 1.79 bits per heavy atom. The second-order valence-corrected chi connectivity index (χ2v) is 6.98. The van der Waals surface area contributed by atoms with Crippen LogP contribution in [0.4, 0.5) is 5.69 Å². The average molecular weight is 397 g/mol. The molecule has 2 aromatic carbocycles. The molecular weight excluding hydrogens is 364 g/mol. The second kappa shape index (κ2) is 10.7. The first-order chi connectivity index (χ1) is 14.2. The Kier molecular flexibility index (Phi) is 7.76. The van der Waals surface area contributed by atoms with Crippen molar-refractivity contribution in [3.8, 4) is 5.75 Å². The van der Waals surface area contributed by atoms with Gasteiger partial charge in [0.1, 0.15) is 5.75 Å². The molecule has 1 fully saturated rings. The summed E-state index contributed by atoms with van der Waals surface area (Å²) in [7, 11) is 3.56. The van der Waals surface area contributed by atoms with Gasteiger partial charge in [0.05, 0.1) is 13.7 Å². The van der Waals surface area contributed by atoms with Crippen molar-refractivity contribution in [3.63, 3.8) is 0 Å². The molecule has 0 amide bonds. The highest BCUT2D eigenvalue weighted by molar-refractivity contribution is 5.80. The molecule has 1 saturated heterocycles. The summed E-state index contributed by atoms with van der Waals surface area (Å²) in [5.41, 5.74) is 3.68. The minimum Gasteiger partial charge on any atom is -0.497 e. The van der Waals surface area contributed by atoms with Crippen molar-refractivity contribution in [2.75, 3.05) is 51.8 Å². The predicted octanol–water partition coefficient (Wildman–Crippen LogP) is 3.13. The topological polar surface area (TPSA) is 49.3 Å². The Balaban J connectivity index is 1.56. The number of anilines is 1. The molecule has 1 heterocycles. The quantitative estimate of drug-likeness (QED) is 0.576. The van der Waals surface area contributed by atoms with Crippen molar-refractivity contribution in [1.29, 1.82) is 0 Å². The highest BCUT2D eigenvalue weighted by Gasteiger charge is 2.20. The number of guanidine groups is 1. The summed E-state index contributed by atoms with van der Waals surface area (Å²) in [4.78, 5) is 9.22. The third kappa shape index (κ3) is 5.64. The first-order valence-electron chi connectivity index (χ1n) is 10.2. The molecule has 2 aromatic rings. The number of aliphatic imine (C=N–C) groups is 1. The van der Waals surface area contributed by atoms with Crippen molar-refractivity contribution in [1.82, 2.24) is 10.2 Å². The average Bonchev–Trinajstić information content (AvgIpc) is 2.79. The standard InChI is InChI=1S/C23H32N4O2/c1-4-29-18-20-9-6-5-8-19(20)17-25-23(24-2)27-14-12-26(13-15-27)21-10-7-11-22(16-21)28-3/h5-11,16H,4,12-15,17-18H2,1-3H3,(H,24,25). The van der Waals surface area contributed by atoms with Crippen LogP contribution >= 0.6 is 0 Å². The van der Waals surface area contributed by atoms with Crippen molar-refractivity contribution in [2.45, 2.75) is 20.1 Å². The number of nitrogens with zero attached hydrogens (tertiary/aromatic N) is 3. The number of piperazine rings is 1. The van der Waals surface area contributed by atoms with Crippen LogP contribution < -0.4 is 15.0 Å². The molecule has 1 aliphatic rings. The maximum atomic E-state index is 5.60. The van der Waals surface area contributed by atoms with E-state index in [0.717, 1.165) is 51.0 Å². The molecule has 6 heteroatoms. The lowest BCUT2D eigenvalue weighted by Crippen LogP contribution is -2.52. The zero-order valence-electron chi connectivity index (χ0n) is 17.7. The van der Waals surface area contributed by atoms with Crippen molar-refractivity contribution < 1.29 is 9.47 Å². The van der Waals surface area contributed by atoms with Gasteiger partial charge in [0.15, 0.2) is 5.96 Å². The summed E-state index contributed by atoms with van der Waals surface area (Å²) in [6.45, 7) is 7.89. The fraction of sp³-hybridized carbons (Fsp3) is 0.435. The summed E-state index contributed by atoms with van der Waals surface area (Å²) >= 11 is 0. The van der Waals surface area contributed by atoms with Crippen LogP contribution in [0.15, 0.2) is 53.5 Å². The number of ether oxygens (including phenoxy) is 2. The van der Waals surface area contributed by atoms with Gasteiger partial charge in [0.2, 0.25) is 0 Å². The van der Waals surface area contributed by atoms with Gasteiger partial charge in [-0.2, -0.15) is 0 Å². The van der Waals surface area contributed by atoms with E-state index in [1.807, 2.05) is 26.1 Å². The predicted molar refractivity (Wildman–Crippen MR) is 119 cm³/mol. The molecule has 6 nitrogen and oxygen atoms in total. The number of hydrogen-bond donors (Lipinski definition) is 1. The molecule has 0 aliphatic carbocycles. The molecule has 0 radical (unpaired) electrons. The molecule has 0 spiro atoms. The van der Waals surface area contributed by atoms with Gasteiger partial charge in [0, 0.05) is 58.1 Å². The van der Waals surface area contributed by atoms with Crippen molar-refractivity contribution >= 4 is 11.6 Å². The Labute approximate surface area is 174 Å². The van der Waals surface area contributed by atoms with Gasteiger partial charge in [-0.1, -0.05) is 30.3 Å². The van der Waals surface area contributed by atoms with E-state index >= 15 is 0 Å². The second-order valence-electron chi connectivity index (χ2n) is 6.98. The minimum absolute atomic E-state index is 0.645. The smallest absolute Gasteiger partial charge is 0.194 e. The molecule has 156 valence electrons. The normalized spacial score (nSPS) is 14.8. The maximum absolute atomic E-state index is 5.60. The highest BCUT2D eigenvalue weighted by Crippen LogP contribution is 2.22. The fourth-order valence-electron chi connectivity index (χ4n) is 3.57. The monoisotopic (exact) mass is 396 g/mol. The van der Waals surface area contributed by atoms with Crippen molar-refractivity contribution in [2.24, 2.45) is 4.99 Å². The molecule has 1 aliphatic heterocycles. The Bertz CT molecular complexity index is 801. The third-order valence-electron chi connectivity index (χ3n) is 5.23. The summed E-state index contributed by atoms with van der Waals surface area (Å²) in [6, 6.07) is 16.7. The summed E-state index contributed by atoms with van der Waals surface area (Å²) < 4.78 is 11.0. The lowest BCUT2D eigenvalue weighted by Gasteiger charge is -2.37. The number of rotatable bonds is 7. The summed E-state index contributed by atoms with van der Waals surface area (Å²) in [5, 5.41) is 3.53. The molecular formula is C23H32N4O2. The molecule has 0 saturated carbocycles. The third-order valence-corrected chi connectivity index (χ3v) is 5.23. The zero-order valence-corrected chi connectivity index (χ0v) is 17.7. The van der Waals surface area contributed by atoms with Gasteiger partial charge >= 0.3 is 0 Å². The van der Waals surface area contributed by atoms with Crippen LogP contribution in [0.3, 0.4) is 0 Å². The maximum Gasteiger partial charge on any atom is 0.194 e. The van der Waals surface area contributed by atoms with E-state index < -0.39 is 0 Å². The summed E-state index contributed by atoms with van der Waals surface area (Å²) in [6.07, 6.45) is 0. The summed E-state index contributed by atoms with van der Waals surface area (Å²) in [5.74, 6) is 1.84. The van der Waals surface area contributed by atoms with E-state index in [9.17, 15) is 0 Å². The van der Waals surface area contributed by atoms with Crippen LogP contribution in [0.1, 0.15) is 18.1 Å². The van der Waals surface area contributed by atoms with Gasteiger partial charge in [-0.05, 0) is 30.2 Å². The Hall–Kier alpha value is -2.73. The number of methoxy groups -OCH3 is 1. The van der Waals surface area contributed by atoms with E-state index in [0.29, 0.717) is 6.61 Å². The van der Waals surface area contributed by atoms with Crippen LogP contribution in [-0.4, -0.2) is 57.8 Å². The van der Waals surface area contributed by atoms with Crippen LogP contribution in [0.2, 0.25) is 0 Å². The first kappa shape index (κ1) is 21.0. The van der Waals surface area contributed by atoms with Gasteiger partial charge in [-0.15, -0.1) is 0 Å². The van der Waals surface area contributed by atoms with E-state index in [1.165, 1.54) is 16.8 Å². The van der Waals surface area contributed by atoms with Crippen LogP contribution in [-0.2, 0) is 17.9 Å². The van der Waals surface area contributed by atoms with Crippen LogP contribution in [0.5, 0.6) is 5.75 Å². The SMILES string of the molecule is CCOCc1ccccc1CNC(=NC)N1CCN(c2cccc(OC)c2)CC1. The molecule has 29 heavy (non-hydrogen) atoms. The molecule has 0 unspecified atom stereocenters. The lowest BCUT2D eigenvalue weighted by atomic mass is 10.1. The molecule has 1 N–H and O–H groups in total. The Morgan fingerprint density at radius 1 is 1.03 bits per heavy atom. The first-order valence-corrected chi connectivity index (χ1v) is 10.2. The van der Waals surface area contributed by atoms with E-state index in [4.69, 9.17) is 9.47 Å². The molecule has 3 rings (SSSR count). The van der Waals surface area contributed by atoms with E-state index in [2.05, 4.69) is 56.5 Å². The van der Waals surface area contributed by atoms with Crippen LogP contribution in [0.25, 0.3) is 0 Å². The van der Waals surface area contributed by atoms with Crippen molar-refractivity contribution in [3.05, 3.63) is 59.7 Å². The fourth-order valence-corrected chi connectivity index (χ4v) is 3.57. The molecule has 0 atom stereocenters. The highest BCUT2D eigenvalue weighted by atomic mass is 16.5. The Morgan fingerprint density at radius 3 is 2.48 bits per heavy atom. The molecule has 0 aromatic heterocycles. The van der Waals surface area contributed by atoms with E-state index in [-0.39, 0.29) is 0 Å². The number of benzene rings is 2. The van der Waals surface area contributed by atoms with Gasteiger partial charge in [-0.25, -0.2) is 0 Å². The van der Waals surface area contributed by atoms with Gasteiger partial charge in [-0.3, -0.25) is 4.99 Å². The number of nitrogens with one attached hydrogen (secondary N) is 1. The lowest BCUT2D eigenvalue weighted by molar-refractivity contribution is 0.133. The zero-order chi connectivity index (χ0) is 20.5. The van der Waals surface area contributed by atoms with Crippen LogP contribution in [0, 0.1) is 0 Å². The number of hydrogen-bond acceptors (Lipinski definition) is 4. The largest absolute Gasteiger partial charge is 0.497 e. The molecule has 0 bridgehead atoms. The van der Waals surface area contributed by atoms with Gasteiger partial charge < -0.3 is 24.6 Å². The van der Waals surface area contributed by atoms with Gasteiger partial charge in [0.25, 0.3) is 0 Å². The minimum atomic E-state index is 0.645.